The Balaban J connectivity index is 3.04. The van der Waals surface area contributed by atoms with Gasteiger partial charge in [0.1, 0.15) is 12.7 Å². The Morgan fingerprint density at radius 2 is 2.08 bits per heavy atom. The van der Waals surface area contributed by atoms with E-state index in [1.54, 1.807) is 0 Å². The zero-order chi connectivity index (χ0) is 9.94. The number of hydrogen-bond donors (Lipinski definition) is 1. The van der Waals surface area contributed by atoms with Gasteiger partial charge in [0.05, 0.1) is 11.0 Å². The Kier molecular flexibility index (Phi) is 8.98. The maximum atomic E-state index is 10.1. The minimum Gasteiger partial charge on any atom is -0.450 e. The molecule has 0 bridgehead atoms. The number of primary amides is 1. The fourth-order valence-corrected chi connectivity index (χ4v) is 0.734. The van der Waals surface area contributed by atoms with Crippen molar-refractivity contribution in [1.82, 2.24) is 0 Å². The third-order valence-electron chi connectivity index (χ3n) is 1.10. The van der Waals surface area contributed by atoms with Gasteiger partial charge in [0.15, 0.2) is 0 Å². The molecule has 0 aliphatic carbocycles. The number of hydrogen-bond acceptors (Lipinski definition) is 3. The highest BCUT2D eigenvalue weighted by Crippen LogP contribution is 1.90. The van der Waals surface area contributed by atoms with Crippen molar-refractivity contribution in [2.75, 3.05) is 17.6 Å². The summed E-state index contributed by atoms with van der Waals surface area (Å²) in [4.78, 5) is 10.1. The van der Waals surface area contributed by atoms with Crippen LogP contribution in [0.5, 0.6) is 0 Å². The van der Waals surface area contributed by atoms with Gasteiger partial charge in [-0.25, -0.2) is 4.79 Å². The van der Waals surface area contributed by atoms with Crippen LogP contribution < -0.4 is 5.73 Å². The SMILES string of the molecule is NC(=O)OCCCCOC#CCI. The predicted octanol–water partition coefficient (Wildman–Crippen LogP) is 1.27. The first kappa shape index (κ1) is 12.4. The maximum absolute atomic E-state index is 10.1. The second-order valence-electron chi connectivity index (χ2n) is 2.14. The average molecular weight is 297 g/mol. The molecule has 0 saturated carbocycles. The van der Waals surface area contributed by atoms with Gasteiger partial charge in [-0.05, 0) is 18.8 Å². The molecule has 0 spiro atoms. The molecule has 0 aromatic rings. The summed E-state index contributed by atoms with van der Waals surface area (Å²) in [5, 5.41) is 0. The molecule has 0 rings (SSSR count). The topological polar surface area (TPSA) is 61.6 Å². The number of halogens is 1. The number of unbranched alkanes of at least 4 members (excludes halogenated alkanes) is 1. The van der Waals surface area contributed by atoms with E-state index < -0.39 is 6.09 Å². The summed E-state index contributed by atoms with van der Waals surface area (Å²) in [5.74, 6) is 2.77. The van der Waals surface area contributed by atoms with E-state index in [4.69, 9.17) is 10.5 Å². The average Bonchev–Trinajstić information content (AvgIpc) is 2.09. The fourth-order valence-electron chi connectivity index (χ4n) is 0.578. The van der Waals surface area contributed by atoms with E-state index in [2.05, 4.69) is 39.4 Å². The zero-order valence-electron chi connectivity index (χ0n) is 7.22. The number of carbonyl (C=O) groups excluding carboxylic acids is 1. The summed E-state index contributed by atoms with van der Waals surface area (Å²) in [6.45, 7) is 0.907. The van der Waals surface area contributed by atoms with E-state index in [-0.39, 0.29) is 0 Å². The van der Waals surface area contributed by atoms with Crippen LogP contribution in [0.1, 0.15) is 12.8 Å². The van der Waals surface area contributed by atoms with Crippen LogP contribution in [0.3, 0.4) is 0 Å². The molecule has 0 radical (unpaired) electrons. The monoisotopic (exact) mass is 297 g/mol. The van der Waals surface area contributed by atoms with Gasteiger partial charge in [-0.2, -0.15) is 0 Å². The standard InChI is InChI=1S/C8H12INO3/c9-4-3-6-12-5-1-2-7-13-8(10)11/h1-2,4-5,7H2,(H2,10,11). The van der Waals surface area contributed by atoms with E-state index in [1.807, 2.05) is 0 Å². The van der Waals surface area contributed by atoms with E-state index in [0.717, 1.165) is 17.3 Å². The molecular formula is C8H12INO3. The molecule has 0 atom stereocenters. The number of rotatable bonds is 5. The van der Waals surface area contributed by atoms with Crippen molar-refractivity contribution in [2.45, 2.75) is 12.8 Å². The van der Waals surface area contributed by atoms with Crippen molar-refractivity contribution in [3.63, 3.8) is 0 Å². The molecule has 0 aromatic carbocycles. The quantitative estimate of drug-likeness (QED) is 0.360. The number of amides is 1. The minimum absolute atomic E-state index is 0.346. The molecule has 0 fully saturated rings. The van der Waals surface area contributed by atoms with E-state index in [9.17, 15) is 4.79 Å². The minimum atomic E-state index is -0.731. The van der Waals surface area contributed by atoms with Crippen molar-refractivity contribution in [2.24, 2.45) is 5.73 Å². The van der Waals surface area contributed by atoms with Crippen molar-refractivity contribution in [1.29, 1.82) is 0 Å². The van der Waals surface area contributed by atoms with Gasteiger partial charge < -0.3 is 15.2 Å². The number of alkyl halides is 1. The fraction of sp³-hybridized carbons (Fsp3) is 0.625. The summed E-state index contributed by atoms with van der Waals surface area (Å²) in [6.07, 6.45) is 3.37. The summed E-state index contributed by atoms with van der Waals surface area (Å²) in [5.41, 5.74) is 4.76. The second-order valence-corrected chi connectivity index (χ2v) is 2.90. The van der Waals surface area contributed by atoms with Gasteiger partial charge in [0.25, 0.3) is 0 Å². The van der Waals surface area contributed by atoms with Crippen LogP contribution >= 0.6 is 22.6 Å². The van der Waals surface area contributed by atoms with E-state index >= 15 is 0 Å². The molecule has 74 valence electrons. The highest BCUT2D eigenvalue weighted by atomic mass is 127. The van der Waals surface area contributed by atoms with Gasteiger partial charge in [0, 0.05) is 0 Å². The Morgan fingerprint density at radius 3 is 2.69 bits per heavy atom. The normalized spacial score (nSPS) is 8.38. The summed E-state index contributed by atoms with van der Waals surface area (Å²) < 4.78 is 10.2. The summed E-state index contributed by atoms with van der Waals surface area (Å²) in [6, 6.07) is 0. The molecule has 0 saturated heterocycles. The molecule has 1 amide bonds. The predicted molar refractivity (Wildman–Crippen MR) is 57.4 cm³/mol. The van der Waals surface area contributed by atoms with Crippen LogP contribution in [0.15, 0.2) is 0 Å². The Labute approximate surface area is 91.3 Å². The van der Waals surface area contributed by atoms with E-state index in [0.29, 0.717) is 13.2 Å². The Hall–Kier alpha value is -0.640. The van der Waals surface area contributed by atoms with Crippen LogP contribution in [-0.4, -0.2) is 23.7 Å². The Bertz CT molecular complexity index is 197. The second kappa shape index (κ2) is 9.45. The molecule has 5 heteroatoms. The summed E-state index contributed by atoms with van der Waals surface area (Å²) >= 11 is 2.14. The molecule has 0 aliphatic rings. The van der Waals surface area contributed by atoms with Crippen molar-refractivity contribution in [3.8, 4) is 12.0 Å². The molecule has 0 aromatic heterocycles. The van der Waals surface area contributed by atoms with E-state index in [1.165, 1.54) is 0 Å². The molecule has 0 unspecified atom stereocenters. The third kappa shape index (κ3) is 11.4. The molecule has 2 N–H and O–H groups in total. The number of ether oxygens (including phenoxy) is 2. The summed E-state index contributed by atoms with van der Waals surface area (Å²) in [7, 11) is 0. The van der Waals surface area contributed by atoms with Gasteiger partial charge in [0.2, 0.25) is 0 Å². The first-order chi connectivity index (χ1) is 6.27. The van der Waals surface area contributed by atoms with Crippen molar-refractivity contribution < 1.29 is 14.3 Å². The van der Waals surface area contributed by atoms with Gasteiger partial charge in [-0.3, -0.25) is 0 Å². The van der Waals surface area contributed by atoms with Gasteiger partial charge in [-0.1, -0.05) is 22.6 Å². The van der Waals surface area contributed by atoms with Crippen LogP contribution in [0.2, 0.25) is 0 Å². The van der Waals surface area contributed by atoms with Crippen LogP contribution in [0.25, 0.3) is 0 Å². The highest BCUT2D eigenvalue weighted by molar-refractivity contribution is 14.1. The lowest BCUT2D eigenvalue weighted by atomic mass is 10.3. The third-order valence-corrected chi connectivity index (χ3v) is 1.48. The van der Waals surface area contributed by atoms with Crippen LogP contribution in [0, 0.1) is 12.0 Å². The maximum Gasteiger partial charge on any atom is 0.404 e. The van der Waals surface area contributed by atoms with Crippen molar-refractivity contribution in [3.05, 3.63) is 0 Å². The van der Waals surface area contributed by atoms with Gasteiger partial charge in [-0.15, -0.1) is 0 Å². The Morgan fingerprint density at radius 1 is 1.38 bits per heavy atom. The first-order valence-electron chi connectivity index (χ1n) is 3.85. The smallest absolute Gasteiger partial charge is 0.404 e. The molecule has 0 heterocycles. The van der Waals surface area contributed by atoms with Crippen LogP contribution in [-0.2, 0) is 9.47 Å². The van der Waals surface area contributed by atoms with Crippen LogP contribution in [0.4, 0.5) is 4.79 Å². The zero-order valence-corrected chi connectivity index (χ0v) is 9.37. The molecular weight excluding hydrogens is 285 g/mol. The first-order valence-corrected chi connectivity index (χ1v) is 5.37. The molecule has 4 nitrogen and oxygen atoms in total. The molecule has 13 heavy (non-hydrogen) atoms. The van der Waals surface area contributed by atoms with Gasteiger partial charge >= 0.3 is 6.09 Å². The highest BCUT2D eigenvalue weighted by Gasteiger charge is 1.92. The largest absolute Gasteiger partial charge is 0.450 e. The lowest BCUT2D eigenvalue weighted by Crippen LogP contribution is -2.13. The lowest BCUT2D eigenvalue weighted by Gasteiger charge is -1.99. The lowest BCUT2D eigenvalue weighted by molar-refractivity contribution is 0.150. The van der Waals surface area contributed by atoms with Crippen molar-refractivity contribution >= 4 is 28.7 Å². The number of carbonyl (C=O) groups is 1. The number of nitrogens with two attached hydrogens (primary N) is 1. The molecule has 0 aliphatic heterocycles.